The van der Waals surface area contributed by atoms with Crippen molar-refractivity contribution in [2.24, 2.45) is 0 Å². The van der Waals surface area contributed by atoms with E-state index in [1.807, 2.05) is 0 Å². The van der Waals surface area contributed by atoms with Crippen LogP contribution in [0.2, 0.25) is 0 Å². The molecule has 0 unspecified atom stereocenters. The molecule has 0 aliphatic rings. The Kier molecular flexibility index (Phi) is 6.73. The minimum atomic E-state index is -0.859. The summed E-state index contributed by atoms with van der Waals surface area (Å²) in [6.45, 7) is 0.975. The standard InChI is InChI=1S/C8H15NO2/c9-7-5-3-1-2-4-6-8(10)11/h4,6H,1-3,5,7,9H2,(H,10,11)/p+1/b6-4+. The van der Waals surface area contributed by atoms with Gasteiger partial charge in [-0.2, -0.15) is 0 Å². The molecular weight excluding hydrogens is 142 g/mol. The fourth-order valence-electron chi connectivity index (χ4n) is 0.800. The van der Waals surface area contributed by atoms with Crippen LogP contribution in [-0.4, -0.2) is 17.6 Å². The number of carboxylic acids is 1. The molecule has 0 amide bonds. The number of allylic oxidation sites excluding steroid dienone is 1. The minimum Gasteiger partial charge on any atom is -0.478 e. The molecule has 0 aliphatic heterocycles. The highest BCUT2D eigenvalue weighted by Gasteiger charge is 1.87. The van der Waals surface area contributed by atoms with Gasteiger partial charge in [0.1, 0.15) is 0 Å². The predicted molar refractivity (Wildman–Crippen MR) is 43.0 cm³/mol. The summed E-state index contributed by atoms with van der Waals surface area (Å²) in [6.07, 6.45) is 7.12. The average Bonchev–Trinajstić information content (AvgIpc) is 1.96. The number of carboxylic acid groups (broad SMARTS) is 1. The molecule has 4 N–H and O–H groups in total. The lowest BCUT2D eigenvalue weighted by atomic mass is 10.2. The monoisotopic (exact) mass is 158 g/mol. The number of carbonyl (C=O) groups is 1. The van der Waals surface area contributed by atoms with Crippen LogP contribution in [0.3, 0.4) is 0 Å². The first kappa shape index (κ1) is 10.2. The molecule has 3 heteroatoms. The quantitative estimate of drug-likeness (QED) is 0.435. The maximum absolute atomic E-state index is 9.99. The van der Waals surface area contributed by atoms with E-state index in [0.29, 0.717) is 0 Å². The molecule has 0 aromatic rings. The maximum atomic E-state index is 9.99. The van der Waals surface area contributed by atoms with E-state index in [1.54, 1.807) is 6.08 Å². The Morgan fingerprint density at radius 1 is 1.36 bits per heavy atom. The summed E-state index contributed by atoms with van der Waals surface area (Å²) < 4.78 is 0. The van der Waals surface area contributed by atoms with Crippen molar-refractivity contribution in [3.05, 3.63) is 12.2 Å². The SMILES string of the molecule is [NH3+]CCCCC/C=C/C(=O)O. The number of rotatable bonds is 6. The van der Waals surface area contributed by atoms with Crippen LogP contribution in [0.25, 0.3) is 0 Å². The van der Waals surface area contributed by atoms with Gasteiger partial charge in [0.2, 0.25) is 0 Å². The number of hydrogen-bond acceptors (Lipinski definition) is 1. The zero-order valence-corrected chi connectivity index (χ0v) is 6.75. The fourth-order valence-corrected chi connectivity index (χ4v) is 0.800. The Labute approximate surface area is 66.9 Å². The highest BCUT2D eigenvalue weighted by Crippen LogP contribution is 1.98. The van der Waals surface area contributed by atoms with Crippen molar-refractivity contribution in [1.82, 2.24) is 0 Å². The molecule has 0 radical (unpaired) electrons. The Bertz CT molecular complexity index is 132. The molecule has 0 fully saturated rings. The molecule has 0 rings (SSSR count). The van der Waals surface area contributed by atoms with Crippen molar-refractivity contribution >= 4 is 5.97 Å². The molecule has 11 heavy (non-hydrogen) atoms. The van der Waals surface area contributed by atoms with E-state index in [4.69, 9.17) is 5.11 Å². The van der Waals surface area contributed by atoms with E-state index < -0.39 is 5.97 Å². The van der Waals surface area contributed by atoms with Gasteiger partial charge in [-0.05, 0) is 25.7 Å². The summed E-state index contributed by atoms with van der Waals surface area (Å²) >= 11 is 0. The highest BCUT2D eigenvalue weighted by atomic mass is 16.4. The summed E-state index contributed by atoms with van der Waals surface area (Å²) in [5, 5.41) is 8.22. The molecule has 0 saturated heterocycles. The first-order valence-corrected chi connectivity index (χ1v) is 3.96. The number of hydrogen-bond donors (Lipinski definition) is 2. The number of unbranched alkanes of at least 4 members (excludes halogenated alkanes) is 3. The number of aliphatic carboxylic acids is 1. The van der Waals surface area contributed by atoms with Crippen LogP contribution < -0.4 is 5.73 Å². The van der Waals surface area contributed by atoms with Crippen molar-refractivity contribution in [1.29, 1.82) is 0 Å². The normalized spacial score (nSPS) is 10.6. The molecular formula is C8H16NO2+. The van der Waals surface area contributed by atoms with Crippen LogP contribution in [-0.2, 0) is 4.79 Å². The van der Waals surface area contributed by atoms with Crippen LogP contribution in [0.15, 0.2) is 12.2 Å². The molecule has 0 atom stereocenters. The van der Waals surface area contributed by atoms with Gasteiger partial charge in [-0.1, -0.05) is 6.08 Å². The van der Waals surface area contributed by atoms with Gasteiger partial charge in [0, 0.05) is 6.08 Å². The molecule has 0 aliphatic carbocycles. The molecule has 0 saturated carbocycles. The summed E-state index contributed by atoms with van der Waals surface area (Å²) in [6, 6.07) is 0. The topological polar surface area (TPSA) is 64.9 Å². The summed E-state index contributed by atoms with van der Waals surface area (Å²) in [7, 11) is 0. The summed E-state index contributed by atoms with van der Waals surface area (Å²) in [5.41, 5.74) is 3.72. The lowest BCUT2D eigenvalue weighted by molar-refractivity contribution is -0.368. The van der Waals surface area contributed by atoms with E-state index in [0.717, 1.165) is 32.2 Å². The first-order valence-electron chi connectivity index (χ1n) is 3.96. The van der Waals surface area contributed by atoms with Gasteiger partial charge in [0.15, 0.2) is 0 Å². The van der Waals surface area contributed by atoms with E-state index in [9.17, 15) is 4.79 Å². The third-order valence-corrected chi connectivity index (χ3v) is 1.38. The summed E-state index contributed by atoms with van der Waals surface area (Å²) in [4.78, 5) is 9.99. The molecule has 0 bridgehead atoms. The third-order valence-electron chi connectivity index (χ3n) is 1.38. The molecule has 3 nitrogen and oxygen atoms in total. The van der Waals surface area contributed by atoms with Crippen LogP contribution in [0.4, 0.5) is 0 Å². The minimum absolute atomic E-state index is 0.859. The smallest absolute Gasteiger partial charge is 0.327 e. The lowest BCUT2D eigenvalue weighted by Gasteiger charge is -1.91. The first-order chi connectivity index (χ1) is 5.27. The van der Waals surface area contributed by atoms with Gasteiger partial charge in [-0.15, -0.1) is 0 Å². The Hall–Kier alpha value is -0.830. The zero-order valence-electron chi connectivity index (χ0n) is 6.75. The molecule has 0 aromatic carbocycles. The van der Waals surface area contributed by atoms with E-state index in [-0.39, 0.29) is 0 Å². The largest absolute Gasteiger partial charge is 0.478 e. The van der Waals surface area contributed by atoms with E-state index in [2.05, 4.69) is 5.73 Å². The molecule has 0 spiro atoms. The molecule has 0 aromatic heterocycles. The van der Waals surface area contributed by atoms with Gasteiger partial charge in [-0.25, -0.2) is 4.79 Å². The second-order valence-corrected chi connectivity index (χ2v) is 2.44. The lowest BCUT2D eigenvalue weighted by Crippen LogP contribution is -2.50. The molecule has 64 valence electrons. The van der Waals surface area contributed by atoms with Gasteiger partial charge < -0.3 is 10.8 Å². The van der Waals surface area contributed by atoms with Crippen molar-refractivity contribution < 1.29 is 15.6 Å². The highest BCUT2D eigenvalue weighted by molar-refractivity contribution is 5.79. The van der Waals surface area contributed by atoms with Gasteiger partial charge >= 0.3 is 5.97 Å². The fraction of sp³-hybridized carbons (Fsp3) is 0.625. The van der Waals surface area contributed by atoms with Crippen LogP contribution in [0.5, 0.6) is 0 Å². The van der Waals surface area contributed by atoms with E-state index in [1.165, 1.54) is 6.08 Å². The van der Waals surface area contributed by atoms with Gasteiger partial charge in [-0.3, -0.25) is 0 Å². The average molecular weight is 158 g/mol. The van der Waals surface area contributed by atoms with Crippen LogP contribution in [0, 0.1) is 0 Å². The Balaban J connectivity index is 3.07. The van der Waals surface area contributed by atoms with E-state index >= 15 is 0 Å². The second kappa shape index (κ2) is 7.28. The second-order valence-electron chi connectivity index (χ2n) is 2.44. The van der Waals surface area contributed by atoms with Crippen molar-refractivity contribution in [2.75, 3.05) is 6.54 Å². The van der Waals surface area contributed by atoms with Gasteiger partial charge in [0.25, 0.3) is 0 Å². The third kappa shape index (κ3) is 9.17. The van der Waals surface area contributed by atoms with Crippen LogP contribution in [0.1, 0.15) is 25.7 Å². The van der Waals surface area contributed by atoms with Crippen molar-refractivity contribution in [2.45, 2.75) is 25.7 Å². The number of quaternary nitrogens is 1. The Morgan fingerprint density at radius 3 is 2.64 bits per heavy atom. The summed E-state index contributed by atoms with van der Waals surface area (Å²) in [5.74, 6) is -0.859. The maximum Gasteiger partial charge on any atom is 0.327 e. The van der Waals surface area contributed by atoms with Crippen molar-refractivity contribution in [3.63, 3.8) is 0 Å². The van der Waals surface area contributed by atoms with Gasteiger partial charge in [0.05, 0.1) is 6.54 Å². The molecule has 0 heterocycles. The van der Waals surface area contributed by atoms with Crippen LogP contribution >= 0.6 is 0 Å². The zero-order chi connectivity index (χ0) is 8.53. The Morgan fingerprint density at radius 2 is 2.09 bits per heavy atom. The predicted octanol–water partition coefficient (Wildman–Crippen LogP) is 0.429. The van der Waals surface area contributed by atoms with Crippen molar-refractivity contribution in [3.8, 4) is 0 Å².